The molecule has 0 fully saturated rings. The normalized spacial score (nSPS) is 10.7. The molecule has 0 saturated heterocycles. The minimum absolute atomic E-state index is 0.0136. The zero-order valence-electron chi connectivity index (χ0n) is 14.1. The first kappa shape index (κ1) is 19.2. The lowest BCUT2D eigenvalue weighted by Crippen LogP contribution is -2.32. The van der Waals surface area contributed by atoms with Crippen molar-refractivity contribution in [3.63, 3.8) is 0 Å². The van der Waals surface area contributed by atoms with E-state index in [4.69, 9.17) is 26.8 Å². The molecule has 1 aromatic heterocycles. The Balaban J connectivity index is 2.25. The van der Waals surface area contributed by atoms with E-state index >= 15 is 0 Å². The summed E-state index contributed by atoms with van der Waals surface area (Å²) in [6, 6.07) is 4.29. The van der Waals surface area contributed by atoms with Crippen LogP contribution >= 0.6 is 11.6 Å². The smallest absolute Gasteiger partial charge is 0.159 e. The zero-order chi connectivity index (χ0) is 18.2. The largest absolute Gasteiger partial charge is 0.393 e. The molecular weight excluding hydrogens is 349 g/mol. The van der Waals surface area contributed by atoms with Crippen molar-refractivity contribution < 1.29 is 13.9 Å². The lowest BCUT2D eigenvalue weighted by atomic mass is 10.3. The molecule has 0 saturated carbocycles. The van der Waals surface area contributed by atoms with E-state index in [2.05, 4.69) is 15.3 Å². The van der Waals surface area contributed by atoms with Gasteiger partial charge in [0.15, 0.2) is 11.6 Å². The van der Waals surface area contributed by atoms with Gasteiger partial charge in [0, 0.05) is 33.0 Å². The average molecular weight is 370 g/mol. The lowest BCUT2D eigenvalue weighted by molar-refractivity contribution is 0.190. The summed E-state index contributed by atoms with van der Waals surface area (Å²) in [4.78, 5) is 10.4. The van der Waals surface area contributed by atoms with Gasteiger partial charge in [0.05, 0.1) is 18.2 Å². The molecule has 25 heavy (non-hydrogen) atoms. The molecule has 1 aromatic carbocycles. The molecule has 0 aliphatic rings. The summed E-state index contributed by atoms with van der Waals surface area (Å²) >= 11 is 5.80. The predicted molar refractivity (Wildman–Crippen MR) is 97.1 cm³/mol. The van der Waals surface area contributed by atoms with Crippen LogP contribution in [0.15, 0.2) is 24.5 Å². The SMILES string of the molecule is COCCN(CCOC)c1ncnc(Nc2ccc(F)c(Cl)c2)c1N. The van der Waals surface area contributed by atoms with E-state index in [1.54, 1.807) is 20.3 Å². The number of nitrogens with zero attached hydrogens (tertiary/aromatic N) is 3. The molecule has 0 spiro atoms. The van der Waals surface area contributed by atoms with E-state index in [0.717, 1.165) is 0 Å². The van der Waals surface area contributed by atoms with E-state index in [1.165, 1.54) is 18.5 Å². The molecule has 0 bridgehead atoms. The number of halogens is 2. The molecule has 0 atom stereocenters. The summed E-state index contributed by atoms with van der Waals surface area (Å²) in [6.07, 6.45) is 1.41. The molecule has 1 heterocycles. The van der Waals surface area contributed by atoms with Crippen molar-refractivity contribution in [3.05, 3.63) is 35.4 Å². The molecule has 0 radical (unpaired) electrons. The molecule has 0 unspecified atom stereocenters. The number of rotatable bonds is 9. The third kappa shape index (κ3) is 5.15. The molecule has 9 heteroatoms. The highest BCUT2D eigenvalue weighted by molar-refractivity contribution is 6.31. The molecule has 136 valence electrons. The lowest BCUT2D eigenvalue weighted by Gasteiger charge is -2.25. The van der Waals surface area contributed by atoms with Crippen LogP contribution in [0.1, 0.15) is 0 Å². The van der Waals surface area contributed by atoms with Crippen molar-refractivity contribution in [2.24, 2.45) is 0 Å². The maximum Gasteiger partial charge on any atom is 0.159 e. The number of methoxy groups -OCH3 is 2. The van der Waals surface area contributed by atoms with Gasteiger partial charge in [0.25, 0.3) is 0 Å². The molecule has 7 nitrogen and oxygen atoms in total. The number of hydrogen-bond acceptors (Lipinski definition) is 7. The van der Waals surface area contributed by atoms with Crippen molar-refractivity contribution in [2.45, 2.75) is 0 Å². The molecule has 2 rings (SSSR count). The molecule has 2 aromatic rings. The highest BCUT2D eigenvalue weighted by atomic mass is 35.5. The highest BCUT2D eigenvalue weighted by Gasteiger charge is 2.15. The monoisotopic (exact) mass is 369 g/mol. The molecule has 0 aliphatic heterocycles. The second-order valence-corrected chi connectivity index (χ2v) is 5.59. The van der Waals surface area contributed by atoms with Crippen molar-refractivity contribution in [2.75, 3.05) is 56.5 Å². The average Bonchev–Trinajstić information content (AvgIpc) is 2.60. The number of aromatic nitrogens is 2. The first-order valence-electron chi connectivity index (χ1n) is 7.62. The summed E-state index contributed by atoms with van der Waals surface area (Å²) in [6.45, 7) is 2.23. The van der Waals surface area contributed by atoms with E-state index < -0.39 is 5.82 Å². The van der Waals surface area contributed by atoms with Crippen LogP contribution in [0.2, 0.25) is 5.02 Å². The number of nitrogens with two attached hydrogens (primary N) is 1. The van der Waals surface area contributed by atoms with Gasteiger partial charge >= 0.3 is 0 Å². The summed E-state index contributed by atoms with van der Waals surface area (Å²) in [7, 11) is 3.26. The predicted octanol–water partition coefficient (Wildman–Crippen LogP) is 2.69. The quantitative estimate of drug-likeness (QED) is 0.702. The number of hydrogen-bond donors (Lipinski definition) is 2. The molecule has 0 aliphatic carbocycles. The van der Waals surface area contributed by atoms with Crippen LogP contribution in [0.4, 0.5) is 27.4 Å². The van der Waals surface area contributed by atoms with Gasteiger partial charge in [-0.15, -0.1) is 0 Å². The standard InChI is InChI=1S/C16H21ClFN5O2/c1-24-7-5-23(6-8-25-2)16-14(19)15(20-10-21-16)22-11-3-4-13(18)12(17)9-11/h3-4,9-10H,5-8,19H2,1-2H3,(H,20,21,22). The number of anilines is 4. The van der Waals surface area contributed by atoms with Gasteiger partial charge in [0.1, 0.15) is 17.8 Å². The summed E-state index contributed by atoms with van der Waals surface area (Å²) in [5, 5.41) is 3.04. The Morgan fingerprint density at radius 2 is 1.88 bits per heavy atom. The van der Waals surface area contributed by atoms with Crippen molar-refractivity contribution in [1.29, 1.82) is 0 Å². The number of ether oxygens (including phenoxy) is 2. The summed E-state index contributed by atoms with van der Waals surface area (Å²) < 4.78 is 23.5. The fraction of sp³-hybridized carbons (Fsp3) is 0.375. The molecular formula is C16H21ClFN5O2. The first-order valence-corrected chi connectivity index (χ1v) is 8.00. The maximum atomic E-state index is 13.3. The molecule has 3 N–H and O–H groups in total. The third-order valence-corrected chi connectivity index (χ3v) is 3.77. The van der Waals surface area contributed by atoms with E-state index in [0.29, 0.717) is 49.3 Å². The number of benzene rings is 1. The van der Waals surface area contributed by atoms with Gasteiger partial charge in [-0.2, -0.15) is 0 Å². The minimum atomic E-state index is -0.492. The number of nitrogen functional groups attached to an aromatic ring is 1. The van der Waals surface area contributed by atoms with Gasteiger partial charge in [-0.1, -0.05) is 11.6 Å². The van der Waals surface area contributed by atoms with Crippen LogP contribution in [0, 0.1) is 5.82 Å². The Bertz CT molecular complexity index is 696. The van der Waals surface area contributed by atoms with Crippen LogP contribution in [0.3, 0.4) is 0 Å². The van der Waals surface area contributed by atoms with Crippen molar-refractivity contribution in [3.8, 4) is 0 Å². The second-order valence-electron chi connectivity index (χ2n) is 5.19. The highest BCUT2D eigenvalue weighted by Crippen LogP contribution is 2.29. The Hall–Kier alpha value is -2.16. The van der Waals surface area contributed by atoms with Crippen LogP contribution in [-0.2, 0) is 9.47 Å². The minimum Gasteiger partial charge on any atom is -0.393 e. The van der Waals surface area contributed by atoms with Gasteiger partial charge < -0.3 is 25.4 Å². The van der Waals surface area contributed by atoms with Crippen molar-refractivity contribution >= 4 is 34.6 Å². The Labute approximate surface area is 150 Å². The molecule has 0 amide bonds. The fourth-order valence-corrected chi connectivity index (χ4v) is 2.36. The second kappa shape index (κ2) is 9.36. The van der Waals surface area contributed by atoms with Crippen LogP contribution in [-0.4, -0.2) is 50.5 Å². The van der Waals surface area contributed by atoms with Gasteiger partial charge in [-0.05, 0) is 18.2 Å². The van der Waals surface area contributed by atoms with Crippen LogP contribution < -0.4 is 16.0 Å². The Morgan fingerprint density at radius 3 is 2.48 bits per heavy atom. The van der Waals surface area contributed by atoms with E-state index in [-0.39, 0.29) is 5.02 Å². The third-order valence-electron chi connectivity index (χ3n) is 3.48. The van der Waals surface area contributed by atoms with Gasteiger partial charge in [0.2, 0.25) is 0 Å². The summed E-state index contributed by atoms with van der Waals surface area (Å²) in [5.41, 5.74) is 7.17. The van der Waals surface area contributed by atoms with E-state index in [9.17, 15) is 4.39 Å². The van der Waals surface area contributed by atoms with Crippen LogP contribution in [0.25, 0.3) is 0 Å². The van der Waals surface area contributed by atoms with E-state index in [1.807, 2.05) is 4.90 Å². The Kier molecular flexibility index (Phi) is 7.17. The van der Waals surface area contributed by atoms with Crippen molar-refractivity contribution in [1.82, 2.24) is 9.97 Å². The fourth-order valence-electron chi connectivity index (χ4n) is 2.18. The summed E-state index contributed by atoms with van der Waals surface area (Å²) in [5.74, 6) is 0.487. The maximum absolute atomic E-state index is 13.3. The van der Waals surface area contributed by atoms with Gasteiger partial charge in [-0.25, -0.2) is 14.4 Å². The first-order chi connectivity index (χ1) is 12.1. The van der Waals surface area contributed by atoms with Crippen LogP contribution in [0.5, 0.6) is 0 Å². The topological polar surface area (TPSA) is 85.5 Å². The number of nitrogens with one attached hydrogen (secondary N) is 1. The van der Waals surface area contributed by atoms with Gasteiger partial charge in [-0.3, -0.25) is 0 Å². The zero-order valence-corrected chi connectivity index (χ0v) is 14.9. The Morgan fingerprint density at radius 1 is 1.20 bits per heavy atom.